The van der Waals surface area contributed by atoms with Gasteiger partial charge in [0.25, 0.3) is 0 Å². The molecule has 0 radical (unpaired) electrons. The van der Waals surface area contributed by atoms with Gasteiger partial charge in [-0.05, 0) is 34.7 Å². The third-order valence-electron chi connectivity index (χ3n) is 5.23. The number of allylic oxidation sites excluding steroid dienone is 2. The molecular weight excluding hydrogens is 342 g/mol. The second-order valence-corrected chi connectivity index (χ2v) is 7.56. The zero-order valence-electron chi connectivity index (χ0n) is 14.7. The minimum atomic E-state index is -0.523. The SMILES string of the molecule is [3H]C.[C-]#[N+]C1=C[C@]2(C)c3nn(C)c(Br)c3CC[C@H]2C(C)(C)C1=O. The van der Waals surface area contributed by atoms with Crippen LogP contribution in [0.5, 0.6) is 0 Å². The normalized spacial score (nSPS) is 29.1. The molecule has 2 aliphatic rings. The first-order valence-electron chi connectivity index (χ1n) is 8.10. The minimum Gasteiger partial charge on any atom is -0.307 e. The van der Waals surface area contributed by atoms with E-state index in [0.717, 1.165) is 23.1 Å². The van der Waals surface area contributed by atoms with Crippen molar-refractivity contribution in [3.8, 4) is 0 Å². The van der Waals surface area contributed by atoms with E-state index in [-0.39, 0.29) is 22.8 Å². The number of nitrogens with zero attached hydrogens (tertiary/aromatic N) is 3. The molecule has 0 N–H and O–H groups in total. The van der Waals surface area contributed by atoms with Crippen molar-refractivity contribution in [3.05, 3.63) is 39.1 Å². The molecule has 1 aromatic rings. The van der Waals surface area contributed by atoms with Crippen molar-refractivity contribution >= 4 is 21.7 Å². The summed E-state index contributed by atoms with van der Waals surface area (Å²) in [5.41, 5.74) is 1.60. The average Bonchev–Trinajstić information content (AvgIpc) is 2.82. The molecule has 5 heteroatoms. The third-order valence-corrected chi connectivity index (χ3v) is 6.22. The predicted octanol–water partition coefficient (Wildman–Crippen LogP) is 4.05. The van der Waals surface area contributed by atoms with Crippen LogP contribution >= 0.6 is 15.9 Å². The molecule has 0 aromatic carbocycles. The Morgan fingerprint density at radius 3 is 2.77 bits per heavy atom. The Labute approximate surface area is 141 Å². The number of carbonyl (C=O) groups excluding carboxylic acids is 1. The summed E-state index contributed by atoms with van der Waals surface area (Å²) in [6.45, 7) is 13.4. The zero-order chi connectivity index (χ0) is 17.6. The number of fused-ring (bicyclic) bond motifs is 3. The topological polar surface area (TPSA) is 39.2 Å². The number of carbonyl (C=O) groups is 1. The fourth-order valence-corrected chi connectivity index (χ4v) is 4.62. The van der Waals surface area contributed by atoms with Crippen LogP contribution in [0.15, 0.2) is 16.4 Å². The molecule has 0 fully saturated rings. The van der Waals surface area contributed by atoms with E-state index in [1.807, 2.05) is 31.7 Å². The molecule has 2 aliphatic carbocycles. The first kappa shape index (κ1) is 15.5. The van der Waals surface area contributed by atoms with Crippen LogP contribution in [0.25, 0.3) is 4.85 Å². The number of Topliss-reactive ketones (excluding diaryl/α,β-unsaturated/α-hetero) is 1. The highest BCUT2D eigenvalue weighted by Gasteiger charge is 2.55. The smallest absolute Gasteiger partial charge is 0.226 e. The summed E-state index contributed by atoms with van der Waals surface area (Å²) in [5, 5.41) is 4.68. The molecule has 0 unspecified atom stereocenters. The van der Waals surface area contributed by atoms with Gasteiger partial charge in [0.15, 0.2) is 5.78 Å². The van der Waals surface area contributed by atoms with Crippen LogP contribution in [0.2, 0.25) is 0 Å². The molecule has 22 heavy (non-hydrogen) atoms. The Kier molecular flexibility index (Phi) is 3.56. The molecule has 3 rings (SSSR count). The molecule has 0 amide bonds. The minimum absolute atomic E-state index is 0.0292. The van der Waals surface area contributed by atoms with Gasteiger partial charge >= 0.3 is 0 Å². The Hall–Kier alpha value is -1.41. The summed E-state index contributed by atoms with van der Waals surface area (Å²) in [4.78, 5) is 16.0. The van der Waals surface area contributed by atoms with Gasteiger partial charge in [0.2, 0.25) is 5.70 Å². The number of hydrogen-bond donors (Lipinski definition) is 0. The molecular formula is C17H22BrN3O. The van der Waals surface area contributed by atoms with Crippen LogP contribution in [0, 0.1) is 17.9 Å². The highest BCUT2D eigenvalue weighted by Crippen LogP contribution is 2.55. The fraction of sp³-hybridized carbons (Fsp3) is 0.588. The number of hydrogen-bond acceptors (Lipinski definition) is 2. The van der Waals surface area contributed by atoms with Gasteiger partial charge in [0, 0.05) is 24.8 Å². The molecule has 4 nitrogen and oxygen atoms in total. The van der Waals surface area contributed by atoms with Crippen molar-refractivity contribution in [2.24, 2.45) is 18.4 Å². The van der Waals surface area contributed by atoms with Crippen LogP contribution in [0.4, 0.5) is 0 Å². The Morgan fingerprint density at radius 1 is 1.55 bits per heavy atom. The number of ketones is 1. The van der Waals surface area contributed by atoms with Gasteiger partial charge in [0.1, 0.15) is 4.60 Å². The van der Waals surface area contributed by atoms with Crippen molar-refractivity contribution < 1.29 is 6.17 Å². The predicted molar refractivity (Wildman–Crippen MR) is 90.3 cm³/mol. The zero-order valence-corrected chi connectivity index (χ0v) is 15.3. The standard InChI is InChI=1S/C16H18BrN3O.CH4/c1-15(2)11-7-6-9-12(19-20(5)14(9)17)16(11,3)8-10(18-4)13(15)21;/h8,11H,6-7H2,1-3,5H3;1H4/t11-,16-;/m0./s1/i;1T. The van der Waals surface area contributed by atoms with Gasteiger partial charge in [-0.2, -0.15) is 5.10 Å². The molecule has 0 spiro atoms. The lowest BCUT2D eigenvalue weighted by Crippen LogP contribution is -2.50. The maximum absolute atomic E-state index is 12.5. The van der Waals surface area contributed by atoms with E-state index in [2.05, 4.69) is 32.8 Å². The summed E-state index contributed by atoms with van der Waals surface area (Å²) >= 11 is 3.60. The first-order chi connectivity index (χ1) is 10.7. The van der Waals surface area contributed by atoms with E-state index < -0.39 is 5.41 Å². The maximum Gasteiger partial charge on any atom is 0.226 e. The van der Waals surface area contributed by atoms with Crippen LogP contribution < -0.4 is 0 Å². The summed E-state index contributed by atoms with van der Waals surface area (Å²) in [6.07, 6.45) is 3.71. The Balaban J connectivity index is 0.000000924. The van der Waals surface area contributed by atoms with Crippen molar-refractivity contribution in [2.75, 3.05) is 0 Å². The monoisotopic (exact) mass is 365 g/mol. The number of rotatable bonds is 0. The van der Waals surface area contributed by atoms with Gasteiger partial charge in [-0.3, -0.25) is 4.68 Å². The van der Waals surface area contributed by atoms with Crippen LogP contribution in [0.3, 0.4) is 0 Å². The lowest BCUT2D eigenvalue weighted by molar-refractivity contribution is -0.128. The van der Waals surface area contributed by atoms with Gasteiger partial charge in [-0.1, -0.05) is 34.2 Å². The number of aryl methyl sites for hydroxylation is 1. The average molecular weight is 366 g/mol. The fourth-order valence-electron chi connectivity index (χ4n) is 4.16. The second-order valence-electron chi connectivity index (χ2n) is 6.81. The van der Waals surface area contributed by atoms with Gasteiger partial charge < -0.3 is 4.79 Å². The molecule has 0 saturated heterocycles. The van der Waals surface area contributed by atoms with Crippen LogP contribution in [-0.2, 0) is 23.7 Å². The molecule has 1 heterocycles. The van der Waals surface area contributed by atoms with Gasteiger partial charge in [-0.25, -0.2) is 4.85 Å². The van der Waals surface area contributed by atoms with Gasteiger partial charge in [0.05, 0.1) is 12.3 Å². The van der Waals surface area contributed by atoms with Crippen LogP contribution in [-0.4, -0.2) is 15.6 Å². The van der Waals surface area contributed by atoms with E-state index in [0.29, 0.717) is 0 Å². The quantitative estimate of drug-likeness (QED) is 0.650. The molecule has 118 valence electrons. The lowest BCUT2D eigenvalue weighted by Gasteiger charge is -2.49. The highest BCUT2D eigenvalue weighted by molar-refractivity contribution is 9.10. The summed E-state index contributed by atoms with van der Waals surface area (Å²) in [5.74, 6) is 0.149. The highest BCUT2D eigenvalue weighted by atomic mass is 79.9. The van der Waals surface area contributed by atoms with E-state index in [9.17, 15) is 4.79 Å². The number of halogens is 1. The van der Waals surface area contributed by atoms with Crippen molar-refractivity contribution in [3.63, 3.8) is 0 Å². The Morgan fingerprint density at radius 2 is 2.18 bits per heavy atom. The maximum atomic E-state index is 12.5. The molecule has 2 atom stereocenters. The molecule has 0 saturated carbocycles. The Bertz CT molecular complexity index is 729. The van der Waals surface area contributed by atoms with Crippen molar-refractivity contribution in [1.82, 2.24) is 9.78 Å². The lowest BCUT2D eigenvalue weighted by atomic mass is 9.53. The van der Waals surface area contributed by atoms with Crippen LogP contribution in [0.1, 0.15) is 47.2 Å². The van der Waals surface area contributed by atoms with Crippen molar-refractivity contribution in [2.45, 2.75) is 46.4 Å². The first-order valence-corrected chi connectivity index (χ1v) is 7.89. The van der Waals surface area contributed by atoms with E-state index in [1.165, 1.54) is 13.0 Å². The van der Waals surface area contributed by atoms with E-state index in [1.54, 1.807) is 0 Å². The molecule has 0 bridgehead atoms. The molecule has 0 aliphatic heterocycles. The van der Waals surface area contributed by atoms with E-state index in [4.69, 9.17) is 7.94 Å². The summed E-state index contributed by atoms with van der Waals surface area (Å²) < 4.78 is 8.59. The van der Waals surface area contributed by atoms with Crippen molar-refractivity contribution in [1.29, 1.82) is 0 Å². The largest absolute Gasteiger partial charge is 0.307 e. The third kappa shape index (κ3) is 1.93. The summed E-state index contributed by atoms with van der Waals surface area (Å²) in [7, 11) is 3.17. The number of aromatic nitrogens is 2. The summed E-state index contributed by atoms with van der Waals surface area (Å²) in [6, 6.07) is 0. The van der Waals surface area contributed by atoms with Gasteiger partial charge in [-0.15, -0.1) is 0 Å². The molecule has 1 aromatic heterocycles. The second kappa shape index (κ2) is 5.06. The van der Waals surface area contributed by atoms with E-state index >= 15 is 0 Å².